The third kappa shape index (κ3) is 3.13. The molecule has 6 heteroatoms. The lowest BCUT2D eigenvalue weighted by atomic mass is 9.82. The van der Waals surface area contributed by atoms with Gasteiger partial charge < -0.3 is 5.73 Å². The third-order valence-electron chi connectivity index (χ3n) is 3.88. The molecule has 1 fully saturated rings. The van der Waals surface area contributed by atoms with Crippen LogP contribution in [0.1, 0.15) is 19.4 Å². The maximum atomic E-state index is 12.2. The molecule has 0 radical (unpaired) electrons. The van der Waals surface area contributed by atoms with Crippen molar-refractivity contribution in [2.24, 2.45) is 11.7 Å². The van der Waals surface area contributed by atoms with Gasteiger partial charge in [0, 0.05) is 31.0 Å². The average molecular weight is 283 g/mol. The molecule has 0 spiro atoms. The van der Waals surface area contributed by atoms with E-state index >= 15 is 0 Å². The van der Waals surface area contributed by atoms with Crippen molar-refractivity contribution in [1.82, 2.24) is 9.29 Å². The Hall–Kier alpha value is -0.980. The van der Waals surface area contributed by atoms with Crippen molar-refractivity contribution in [3.8, 4) is 0 Å². The Morgan fingerprint density at radius 2 is 1.95 bits per heavy atom. The number of hydrogen-bond acceptors (Lipinski definition) is 4. The van der Waals surface area contributed by atoms with E-state index in [0.29, 0.717) is 25.4 Å². The van der Waals surface area contributed by atoms with Gasteiger partial charge in [-0.25, -0.2) is 8.42 Å². The van der Waals surface area contributed by atoms with E-state index < -0.39 is 10.0 Å². The second kappa shape index (κ2) is 5.19. The van der Waals surface area contributed by atoms with Crippen LogP contribution in [0.5, 0.6) is 0 Å². The summed E-state index contributed by atoms with van der Waals surface area (Å²) in [7, 11) is -3.19. The van der Waals surface area contributed by atoms with Gasteiger partial charge in [0.25, 0.3) is 0 Å². The minimum absolute atomic E-state index is 0.130. The molecule has 2 N–H and O–H groups in total. The second-order valence-corrected chi connectivity index (χ2v) is 7.67. The first kappa shape index (κ1) is 14.4. The zero-order chi connectivity index (χ0) is 14.1. The SMILES string of the molecule is CC(C)C1(N)CN(S(=O)(=O)CCc2ccncc2)C1. The first-order chi connectivity index (χ1) is 8.83. The number of pyridine rings is 1. The first-order valence-corrected chi connectivity index (χ1v) is 8.10. The Morgan fingerprint density at radius 3 is 2.47 bits per heavy atom. The van der Waals surface area contributed by atoms with Crippen molar-refractivity contribution in [2.75, 3.05) is 18.8 Å². The zero-order valence-electron chi connectivity index (χ0n) is 11.4. The van der Waals surface area contributed by atoms with Gasteiger partial charge in [0.1, 0.15) is 0 Å². The van der Waals surface area contributed by atoms with E-state index in [1.54, 1.807) is 12.4 Å². The predicted molar refractivity (Wildman–Crippen MR) is 75.1 cm³/mol. The van der Waals surface area contributed by atoms with Crippen LogP contribution in [0, 0.1) is 5.92 Å². The fraction of sp³-hybridized carbons (Fsp3) is 0.615. The number of nitrogens with two attached hydrogens (primary N) is 1. The summed E-state index contributed by atoms with van der Waals surface area (Å²) < 4.78 is 25.8. The molecule has 0 aliphatic carbocycles. The van der Waals surface area contributed by atoms with Crippen LogP contribution in [0.3, 0.4) is 0 Å². The lowest BCUT2D eigenvalue weighted by Gasteiger charge is -2.49. The van der Waals surface area contributed by atoms with Gasteiger partial charge in [0.15, 0.2) is 0 Å². The summed E-state index contributed by atoms with van der Waals surface area (Å²) in [5.41, 5.74) is 6.76. The Labute approximate surface area is 114 Å². The van der Waals surface area contributed by atoms with Gasteiger partial charge in [0.05, 0.1) is 5.75 Å². The van der Waals surface area contributed by atoms with Crippen LogP contribution in [-0.4, -0.2) is 42.1 Å². The van der Waals surface area contributed by atoms with Gasteiger partial charge >= 0.3 is 0 Å². The number of nitrogens with zero attached hydrogens (tertiary/aromatic N) is 2. The Kier molecular flexibility index (Phi) is 3.94. The highest BCUT2D eigenvalue weighted by molar-refractivity contribution is 7.89. The number of sulfonamides is 1. The van der Waals surface area contributed by atoms with E-state index in [2.05, 4.69) is 4.98 Å². The second-order valence-electron chi connectivity index (χ2n) is 5.58. The maximum Gasteiger partial charge on any atom is 0.214 e. The fourth-order valence-electron chi connectivity index (χ4n) is 2.10. The molecule has 1 aliphatic heterocycles. The third-order valence-corrected chi connectivity index (χ3v) is 5.65. The summed E-state index contributed by atoms with van der Waals surface area (Å²) in [6.45, 7) is 4.93. The van der Waals surface area contributed by atoms with Crippen molar-refractivity contribution in [3.05, 3.63) is 30.1 Å². The van der Waals surface area contributed by atoms with Crippen molar-refractivity contribution < 1.29 is 8.42 Å². The fourth-order valence-corrected chi connectivity index (χ4v) is 3.72. The number of aromatic nitrogens is 1. The van der Waals surface area contributed by atoms with Crippen LogP contribution in [-0.2, 0) is 16.4 Å². The van der Waals surface area contributed by atoms with E-state index in [1.165, 1.54) is 4.31 Å². The molecule has 0 unspecified atom stereocenters. The molecule has 2 rings (SSSR count). The van der Waals surface area contributed by atoms with Gasteiger partial charge in [-0.05, 0) is 30.0 Å². The monoisotopic (exact) mass is 283 g/mol. The molecule has 1 saturated heterocycles. The highest BCUT2D eigenvalue weighted by atomic mass is 32.2. The van der Waals surface area contributed by atoms with Crippen LogP contribution < -0.4 is 5.73 Å². The molecule has 0 aromatic carbocycles. The quantitative estimate of drug-likeness (QED) is 0.859. The summed E-state index contributed by atoms with van der Waals surface area (Å²) in [6, 6.07) is 3.68. The molecule has 106 valence electrons. The van der Waals surface area contributed by atoms with Crippen LogP contribution in [0.4, 0.5) is 0 Å². The molecule has 19 heavy (non-hydrogen) atoms. The molecule has 0 amide bonds. The Balaban J connectivity index is 1.91. The van der Waals surface area contributed by atoms with Crippen LogP contribution in [0.25, 0.3) is 0 Å². The maximum absolute atomic E-state index is 12.2. The van der Waals surface area contributed by atoms with Crippen molar-refractivity contribution in [2.45, 2.75) is 25.8 Å². The molecule has 1 aliphatic rings. The van der Waals surface area contributed by atoms with Gasteiger partial charge in [-0.1, -0.05) is 13.8 Å². The topological polar surface area (TPSA) is 76.3 Å². The van der Waals surface area contributed by atoms with Crippen molar-refractivity contribution in [1.29, 1.82) is 0 Å². The number of hydrogen-bond donors (Lipinski definition) is 1. The summed E-state index contributed by atoms with van der Waals surface area (Å²) in [6.07, 6.45) is 3.87. The highest BCUT2D eigenvalue weighted by Crippen LogP contribution is 2.28. The molecule has 1 aromatic heterocycles. The predicted octanol–water partition coefficient (Wildman–Crippen LogP) is 0.623. The van der Waals surface area contributed by atoms with Gasteiger partial charge in [-0.15, -0.1) is 0 Å². The average Bonchev–Trinajstić information content (AvgIpc) is 2.33. The smallest absolute Gasteiger partial charge is 0.214 e. The van der Waals surface area contributed by atoms with E-state index in [0.717, 1.165) is 5.56 Å². The van der Waals surface area contributed by atoms with Crippen molar-refractivity contribution >= 4 is 10.0 Å². The van der Waals surface area contributed by atoms with Crippen LogP contribution in [0.2, 0.25) is 0 Å². The molecule has 1 aromatic rings. The molecule has 5 nitrogen and oxygen atoms in total. The summed E-state index contributed by atoms with van der Waals surface area (Å²) in [4.78, 5) is 3.91. The highest BCUT2D eigenvalue weighted by Gasteiger charge is 2.46. The van der Waals surface area contributed by atoms with E-state index in [-0.39, 0.29) is 11.3 Å². The van der Waals surface area contributed by atoms with Gasteiger partial charge in [-0.3, -0.25) is 4.98 Å². The Bertz CT molecular complexity index is 522. The molecule has 0 atom stereocenters. The van der Waals surface area contributed by atoms with E-state index in [1.807, 2.05) is 26.0 Å². The van der Waals surface area contributed by atoms with Crippen molar-refractivity contribution in [3.63, 3.8) is 0 Å². The minimum atomic E-state index is -3.19. The van der Waals surface area contributed by atoms with Crippen LogP contribution in [0.15, 0.2) is 24.5 Å². The molecule has 0 bridgehead atoms. The molecular formula is C13H21N3O2S. The standard InChI is InChI=1S/C13H21N3O2S/c1-11(2)13(14)9-16(10-13)19(17,18)8-5-12-3-6-15-7-4-12/h3-4,6-7,11H,5,8-10,14H2,1-2H3. The first-order valence-electron chi connectivity index (χ1n) is 6.49. The largest absolute Gasteiger partial charge is 0.323 e. The zero-order valence-corrected chi connectivity index (χ0v) is 12.2. The van der Waals surface area contributed by atoms with Gasteiger partial charge in [-0.2, -0.15) is 4.31 Å². The minimum Gasteiger partial charge on any atom is -0.323 e. The van der Waals surface area contributed by atoms with E-state index in [4.69, 9.17) is 5.73 Å². The normalized spacial score (nSPS) is 19.4. The van der Waals surface area contributed by atoms with Crippen LogP contribution >= 0.6 is 0 Å². The Morgan fingerprint density at radius 1 is 1.37 bits per heavy atom. The van der Waals surface area contributed by atoms with E-state index in [9.17, 15) is 8.42 Å². The molecular weight excluding hydrogens is 262 g/mol. The van der Waals surface area contributed by atoms with Gasteiger partial charge in [0.2, 0.25) is 10.0 Å². The number of aryl methyl sites for hydroxylation is 1. The molecule has 2 heterocycles. The summed E-state index contributed by atoms with van der Waals surface area (Å²) in [5.74, 6) is 0.421. The summed E-state index contributed by atoms with van der Waals surface area (Å²) >= 11 is 0. The molecule has 0 saturated carbocycles. The lowest BCUT2D eigenvalue weighted by Crippen LogP contribution is -2.71. The summed E-state index contributed by atoms with van der Waals surface area (Å²) in [5, 5.41) is 0. The number of rotatable bonds is 5. The lowest BCUT2D eigenvalue weighted by molar-refractivity contribution is 0.110.